The average Bonchev–Trinajstić information content (AvgIpc) is 3.37. The van der Waals surface area contributed by atoms with E-state index in [2.05, 4.69) is 47.5 Å². The molecule has 1 atom stereocenters. The molecule has 0 saturated heterocycles. The number of carbonyl (C=O) groups excluding carboxylic acids is 2. The molecule has 182 valence electrons. The van der Waals surface area contributed by atoms with Gasteiger partial charge in [0.15, 0.2) is 0 Å². The number of amides is 2. The molecule has 2 fully saturated rings. The van der Waals surface area contributed by atoms with Crippen molar-refractivity contribution in [2.45, 2.75) is 89.6 Å². The summed E-state index contributed by atoms with van der Waals surface area (Å²) in [7, 11) is 0. The van der Waals surface area contributed by atoms with Crippen molar-refractivity contribution in [3.05, 3.63) is 57.3 Å². The van der Waals surface area contributed by atoms with Crippen LogP contribution in [0.15, 0.2) is 35.7 Å². The highest BCUT2D eigenvalue weighted by Gasteiger charge is 2.37. The van der Waals surface area contributed by atoms with Crippen LogP contribution in [0.3, 0.4) is 0 Å². The second kappa shape index (κ2) is 10.6. The molecule has 34 heavy (non-hydrogen) atoms. The summed E-state index contributed by atoms with van der Waals surface area (Å²) in [4.78, 5) is 33.2. The zero-order valence-corrected chi connectivity index (χ0v) is 21.3. The Bertz CT molecular complexity index is 1000. The minimum Gasteiger partial charge on any atom is -0.330 e. The van der Waals surface area contributed by atoms with Crippen LogP contribution in [-0.2, 0) is 16.0 Å². The summed E-state index contributed by atoms with van der Waals surface area (Å²) in [5, 5.41) is 2.16. The SMILES string of the molecule is Cc1ccccc1C1c2ccsc2CCN1C(=O)CN(C(=O)C1CCCCC1)C1CCCCC1. The Kier molecular flexibility index (Phi) is 7.38. The predicted molar refractivity (Wildman–Crippen MR) is 138 cm³/mol. The van der Waals surface area contributed by atoms with Gasteiger partial charge in [0, 0.05) is 23.4 Å². The molecule has 2 heterocycles. The molecule has 2 amide bonds. The van der Waals surface area contributed by atoms with Gasteiger partial charge in [-0.2, -0.15) is 0 Å². The first-order valence-electron chi connectivity index (χ1n) is 13.3. The van der Waals surface area contributed by atoms with Crippen molar-refractivity contribution in [3.63, 3.8) is 0 Å². The van der Waals surface area contributed by atoms with E-state index in [1.807, 2.05) is 4.90 Å². The lowest BCUT2D eigenvalue weighted by atomic mass is 9.86. The molecule has 3 aliphatic rings. The van der Waals surface area contributed by atoms with Gasteiger partial charge in [-0.05, 0) is 67.2 Å². The Morgan fingerprint density at radius 1 is 0.941 bits per heavy atom. The van der Waals surface area contributed by atoms with Gasteiger partial charge in [-0.3, -0.25) is 9.59 Å². The molecule has 0 radical (unpaired) electrons. The van der Waals surface area contributed by atoms with Gasteiger partial charge in [0.2, 0.25) is 11.8 Å². The van der Waals surface area contributed by atoms with Gasteiger partial charge in [-0.15, -0.1) is 11.3 Å². The number of benzene rings is 1. The Morgan fingerprint density at radius 2 is 1.65 bits per heavy atom. The van der Waals surface area contributed by atoms with Gasteiger partial charge < -0.3 is 9.80 Å². The molecule has 1 aliphatic heterocycles. The van der Waals surface area contributed by atoms with Crippen LogP contribution in [0.2, 0.25) is 0 Å². The first-order chi connectivity index (χ1) is 16.6. The highest BCUT2D eigenvalue weighted by atomic mass is 32.1. The van der Waals surface area contributed by atoms with Gasteiger partial charge in [0.1, 0.15) is 6.54 Å². The maximum atomic E-state index is 14.0. The number of hydrogen-bond acceptors (Lipinski definition) is 3. The van der Waals surface area contributed by atoms with Crippen molar-refractivity contribution in [3.8, 4) is 0 Å². The quantitative estimate of drug-likeness (QED) is 0.508. The monoisotopic (exact) mass is 478 g/mol. The second-order valence-corrected chi connectivity index (χ2v) is 11.5. The van der Waals surface area contributed by atoms with E-state index >= 15 is 0 Å². The van der Waals surface area contributed by atoms with Gasteiger partial charge in [0.25, 0.3) is 0 Å². The fourth-order valence-electron chi connectivity index (χ4n) is 6.41. The lowest BCUT2D eigenvalue weighted by Gasteiger charge is -2.41. The van der Waals surface area contributed by atoms with E-state index in [1.54, 1.807) is 11.3 Å². The smallest absolute Gasteiger partial charge is 0.243 e. The zero-order chi connectivity index (χ0) is 23.5. The highest BCUT2D eigenvalue weighted by molar-refractivity contribution is 7.10. The molecule has 1 aromatic heterocycles. The largest absolute Gasteiger partial charge is 0.330 e. The number of rotatable bonds is 5. The van der Waals surface area contributed by atoms with Crippen LogP contribution in [0.4, 0.5) is 0 Å². The number of fused-ring (bicyclic) bond motifs is 1. The number of thiophene rings is 1. The maximum absolute atomic E-state index is 14.0. The van der Waals surface area contributed by atoms with E-state index in [-0.39, 0.29) is 36.4 Å². The van der Waals surface area contributed by atoms with Gasteiger partial charge in [-0.25, -0.2) is 0 Å². The summed E-state index contributed by atoms with van der Waals surface area (Å²) < 4.78 is 0. The average molecular weight is 479 g/mol. The molecule has 1 unspecified atom stereocenters. The van der Waals surface area contributed by atoms with Crippen molar-refractivity contribution < 1.29 is 9.59 Å². The van der Waals surface area contributed by atoms with E-state index in [0.29, 0.717) is 0 Å². The Hall–Kier alpha value is -2.14. The van der Waals surface area contributed by atoms with Crippen LogP contribution in [-0.4, -0.2) is 40.7 Å². The first-order valence-corrected chi connectivity index (χ1v) is 14.2. The molecular weight excluding hydrogens is 440 g/mol. The minimum absolute atomic E-state index is 0.0540. The third kappa shape index (κ3) is 4.82. The predicted octanol–water partition coefficient (Wildman–Crippen LogP) is 6.27. The zero-order valence-electron chi connectivity index (χ0n) is 20.5. The fourth-order valence-corrected chi connectivity index (χ4v) is 7.32. The van der Waals surface area contributed by atoms with Crippen molar-refractivity contribution in [1.29, 1.82) is 0 Å². The van der Waals surface area contributed by atoms with Crippen LogP contribution < -0.4 is 0 Å². The molecule has 0 N–H and O–H groups in total. The second-order valence-electron chi connectivity index (χ2n) is 10.5. The number of aryl methyl sites for hydroxylation is 1. The lowest BCUT2D eigenvalue weighted by molar-refractivity contribution is -0.147. The van der Waals surface area contributed by atoms with E-state index in [9.17, 15) is 9.59 Å². The molecule has 2 saturated carbocycles. The highest BCUT2D eigenvalue weighted by Crippen LogP contribution is 2.39. The Balaban J connectivity index is 1.42. The van der Waals surface area contributed by atoms with E-state index in [0.717, 1.165) is 51.5 Å². The van der Waals surface area contributed by atoms with Gasteiger partial charge in [0.05, 0.1) is 6.04 Å². The molecular formula is C29H38N2O2S. The number of nitrogens with zero attached hydrogens (tertiary/aromatic N) is 2. The first kappa shape index (κ1) is 23.6. The summed E-state index contributed by atoms with van der Waals surface area (Å²) in [6, 6.07) is 10.8. The number of hydrogen-bond donors (Lipinski definition) is 0. The third-order valence-corrected chi connectivity index (χ3v) is 9.32. The van der Waals surface area contributed by atoms with Crippen molar-refractivity contribution in [1.82, 2.24) is 9.80 Å². The summed E-state index contributed by atoms with van der Waals surface area (Å²) in [6.45, 7) is 3.10. The molecule has 2 aliphatic carbocycles. The third-order valence-electron chi connectivity index (χ3n) is 8.33. The molecule has 2 aromatic rings. The van der Waals surface area contributed by atoms with Crippen LogP contribution in [0.5, 0.6) is 0 Å². The Labute approximate surface area is 208 Å². The molecule has 1 aromatic carbocycles. The summed E-state index contributed by atoms with van der Waals surface area (Å²) in [6.07, 6.45) is 12.1. The molecule has 5 rings (SSSR count). The van der Waals surface area contributed by atoms with Crippen LogP contribution >= 0.6 is 11.3 Å². The van der Waals surface area contributed by atoms with Crippen molar-refractivity contribution in [2.75, 3.05) is 13.1 Å². The minimum atomic E-state index is -0.0540. The topological polar surface area (TPSA) is 40.6 Å². The lowest BCUT2D eigenvalue weighted by Crippen LogP contribution is -2.51. The van der Waals surface area contributed by atoms with Gasteiger partial charge >= 0.3 is 0 Å². The summed E-state index contributed by atoms with van der Waals surface area (Å²) in [5.74, 6) is 0.473. The van der Waals surface area contributed by atoms with Crippen LogP contribution in [0.1, 0.15) is 91.8 Å². The van der Waals surface area contributed by atoms with E-state index in [1.165, 1.54) is 47.3 Å². The molecule has 4 nitrogen and oxygen atoms in total. The normalized spacial score (nSPS) is 21.8. The van der Waals surface area contributed by atoms with Gasteiger partial charge in [-0.1, -0.05) is 62.8 Å². The summed E-state index contributed by atoms with van der Waals surface area (Å²) >= 11 is 1.80. The fraction of sp³-hybridized carbons (Fsp3) is 0.586. The molecule has 5 heteroatoms. The van der Waals surface area contributed by atoms with E-state index in [4.69, 9.17) is 0 Å². The molecule has 0 spiro atoms. The Morgan fingerprint density at radius 3 is 2.38 bits per heavy atom. The molecule has 0 bridgehead atoms. The van der Waals surface area contributed by atoms with Crippen molar-refractivity contribution in [2.24, 2.45) is 5.92 Å². The van der Waals surface area contributed by atoms with E-state index < -0.39 is 0 Å². The maximum Gasteiger partial charge on any atom is 0.243 e. The van der Waals surface area contributed by atoms with Crippen molar-refractivity contribution >= 4 is 23.2 Å². The standard InChI is InChI=1S/C29H38N2O2S/c1-21-10-8-9-15-24(21)28-25-17-19-34-26(25)16-18-30(28)27(32)20-31(23-13-6-3-7-14-23)29(33)22-11-4-2-5-12-22/h8-10,15,17,19,22-23,28H,2-7,11-14,16,18,20H2,1H3. The number of carbonyl (C=O) groups is 2. The summed E-state index contributed by atoms with van der Waals surface area (Å²) in [5.41, 5.74) is 3.69. The van der Waals surface area contributed by atoms with Crippen LogP contribution in [0.25, 0.3) is 0 Å². The van der Waals surface area contributed by atoms with Crippen LogP contribution in [0, 0.1) is 12.8 Å².